The van der Waals surface area contributed by atoms with E-state index < -0.39 is 0 Å². The Kier molecular flexibility index (Phi) is 6.09. The first kappa shape index (κ1) is 22.8. The molecular weight excluding hydrogens is 466 g/mol. The number of anilines is 1. The lowest BCUT2D eigenvalue weighted by atomic mass is 10.0. The van der Waals surface area contributed by atoms with Crippen molar-refractivity contribution >= 4 is 34.2 Å². The van der Waals surface area contributed by atoms with E-state index in [0.717, 1.165) is 27.6 Å². The molecule has 0 bridgehead atoms. The molecule has 2 N–H and O–H groups in total. The highest BCUT2D eigenvalue weighted by atomic mass is 35.5. The van der Waals surface area contributed by atoms with Gasteiger partial charge in [-0.15, -0.1) is 0 Å². The fourth-order valence-corrected chi connectivity index (χ4v) is 4.26. The minimum Gasteiger partial charge on any atom is -0.454 e. The number of nitrogens with one attached hydrogen (secondary N) is 2. The van der Waals surface area contributed by atoms with Gasteiger partial charge in [-0.3, -0.25) is 4.79 Å². The normalized spacial score (nSPS) is 12.1. The van der Waals surface area contributed by atoms with Gasteiger partial charge in [0.1, 0.15) is 0 Å². The molecule has 0 spiro atoms. The van der Waals surface area contributed by atoms with Crippen LogP contribution in [-0.4, -0.2) is 22.7 Å². The average molecular weight is 490 g/mol. The molecule has 35 heavy (non-hydrogen) atoms. The van der Waals surface area contributed by atoms with Crippen molar-refractivity contribution in [2.45, 2.75) is 26.9 Å². The number of halogens is 1. The molecule has 0 atom stereocenters. The van der Waals surface area contributed by atoms with E-state index in [9.17, 15) is 9.59 Å². The van der Waals surface area contributed by atoms with Gasteiger partial charge >= 0.3 is 6.03 Å². The monoisotopic (exact) mass is 489 g/mol. The second-order valence-electron chi connectivity index (χ2n) is 8.59. The van der Waals surface area contributed by atoms with Crippen LogP contribution in [0.25, 0.3) is 10.9 Å². The summed E-state index contributed by atoms with van der Waals surface area (Å²) in [5, 5.41) is 4.44. The van der Waals surface area contributed by atoms with E-state index in [2.05, 4.69) is 10.3 Å². The van der Waals surface area contributed by atoms with Crippen molar-refractivity contribution in [3.8, 4) is 11.5 Å². The van der Waals surface area contributed by atoms with Gasteiger partial charge in [0, 0.05) is 28.2 Å². The molecule has 2 heterocycles. The molecule has 8 heteroatoms. The van der Waals surface area contributed by atoms with Crippen LogP contribution in [0.15, 0.2) is 65.5 Å². The molecule has 5 rings (SSSR count). The van der Waals surface area contributed by atoms with Crippen molar-refractivity contribution in [2.24, 2.45) is 0 Å². The molecule has 0 saturated carbocycles. The highest BCUT2D eigenvalue weighted by Crippen LogP contribution is 2.33. The van der Waals surface area contributed by atoms with Crippen LogP contribution in [0.3, 0.4) is 0 Å². The lowest BCUT2D eigenvalue weighted by Crippen LogP contribution is -2.35. The lowest BCUT2D eigenvalue weighted by Gasteiger charge is -2.24. The molecule has 0 unspecified atom stereocenters. The Morgan fingerprint density at radius 1 is 0.971 bits per heavy atom. The Bertz CT molecular complexity index is 1480. The summed E-state index contributed by atoms with van der Waals surface area (Å²) in [4.78, 5) is 30.9. The summed E-state index contributed by atoms with van der Waals surface area (Å²) in [5.41, 5.74) is 4.59. The Hall–Kier alpha value is -3.97. The van der Waals surface area contributed by atoms with Gasteiger partial charge in [0.2, 0.25) is 6.79 Å². The molecule has 4 aromatic rings. The van der Waals surface area contributed by atoms with Crippen molar-refractivity contribution in [1.29, 1.82) is 0 Å². The summed E-state index contributed by atoms with van der Waals surface area (Å²) in [6, 6.07) is 18.0. The van der Waals surface area contributed by atoms with E-state index in [0.29, 0.717) is 27.8 Å². The van der Waals surface area contributed by atoms with E-state index in [4.69, 9.17) is 21.1 Å². The maximum Gasteiger partial charge on any atom is 0.322 e. The van der Waals surface area contributed by atoms with E-state index >= 15 is 0 Å². The SMILES string of the molecule is Cc1ccc(C)c2[nH]c(=O)c(CN(Cc3ccc4c(c3)OCO4)C(=O)Nc3ccc(Cl)cc3)cc12. The number of hydrogen-bond donors (Lipinski definition) is 2. The number of fused-ring (bicyclic) bond motifs is 2. The topological polar surface area (TPSA) is 83.7 Å². The standard InChI is InChI=1S/C27H24ClN3O4/c1-16-3-4-17(2)25-22(16)12-19(26(32)30-25)14-31(27(33)29-21-8-6-20(28)7-9-21)13-18-5-10-23-24(11-18)35-15-34-23/h3-12H,13-15H2,1-2H3,(H,29,33)(H,30,32). The summed E-state index contributed by atoms with van der Waals surface area (Å²) >= 11 is 5.98. The first-order valence-corrected chi connectivity index (χ1v) is 11.6. The highest BCUT2D eigenvalue weighted by molar-refractivity contribution is 6.30. The zero-order valence-corrected chi connectivity index (χ0v) is 20.1. The van der Waals surface area contributed by atoms with Crippen molar-refractivity contribution in [3.05, 3.63) is 98.3 Å². The molecule has 0 radical (unpaired) electrons. The van der Waals surface area contributed by atoms with Gasteiger partial charge in [-0.1, -0.05) is 29.8 Å². The number of hydrogen-bond acceptors (Lipinski definition) is 4. The maximum absolute atomic E-state index is 13.3. The van der Waals surface area contributed by atoms with Crippen molar-refractivity contribution in [1.82, 2.24) is 9.88 Å². The lowest BCUT2D eigenvalue weighted by molar-refractivity contribution is 0.174. The summed E-state index contributed by atoms with van der Waals surface area (Å²) in [7, 11) is 0. The predicted octanol–water partition coefficient (Wildman–Crippen LogP) is 5.76. The van der Waals surface area contributed by atoms with Gasteiger partial charge in [0.05, 0.1) is 12.1 Å². The number of pyridine rings is 1. The molecule has 2 amide bonds. The Morgan fingerprint density at radius 2 is 1.71 bits per heavy atom. The molecule has 1 aromatic heterocycles. The number of carbonyl (C=O) groups excluding carboxylic acids is 1. The minimum atomic E-state index is -0.342. The predicted molar refractivity (Wildman–Crippen MR) is 136 cm³/mol. The van der Waals surface area contributed by atoms with Gasteiger partial charge in [-0.25, -0.2) is 4.79 Å². The molecule has 0 fully saturated rings. The Morgan fingerprint density at radius 3 is 2.51 bits per heavy atom. The largest absolute Gasteiger partial charge is 0.454 e. The van der Waals surface area contributed by atoms with Crippen LogP contribution in [0, 0.1) is 13.8 Å². The molecule has 0 aliphatic carbocycles. The highest BCUT2D eigenvalue weighted by Gasteiger charge is 2.20. The second-order valence-corrected chi connectivity index (χ2v) is 9.03. The number of amides is 2. The van der Waals surface area contributed by atoms with Gasteiger partial charge in [0.25, 0.3) is 5.56 Å². The third-order valence-electron chi connectivity index (χ3n) is 6.07. The fraction of sp³-hybridized carbons (Fsp3) is 0.185. The van der Waals surface area contributed by atoms with Crippen LogP contribution in [0.5, 0.6) is 11.5 Å². The number of aromatic amines is 1. The molecule has 0 saturated heterocycles. The smallest absolute Gasteiger partial charge is 0.322 e. The molecule has 178 valence electrons. The number of aromatic nitrogens is 1. The van der Waals surface area contributed by atoms with Crippen LogP contribution in [0.4, 0.5) is 10.5 Å². The summed E-state index contributed by atoms with van der Waals surface area (Å²) in [5.74, 6) is 1.30. The zero-order chi connectivity index (χ0) is 24.5. The molecule has 1 aliphatic heterocycles. The van der Waals surface area contributed by atoms with Gasteiger partial charge in [-0.2, -0.15) is 0 Å². The molecule has 3 aromatic carbocycles. The quantitative estimate of drug-likeness (QED) is 0.373. The van der Waals surface area contributed by atoms with E-state index in [-0.39, 0.29) is 31.5 Å². The second kappa shape index (κ2) is 9.35. The van der Waals surface area contributed by atoms with E-state index in [1.807, 2.05) is 50.2 Å². The summed E-state index contributed by atoms with van der Waals surface area (Å²) < 4.78 is 10.9. The van der Waals surface area contributed by atoms with Crippen LogP contribution in [0.2, 0.25) is 5.02 Å². The number of aryl methyl sites for hydroxylation is 2. The van der Waals surface area contributed by atoms with Crippen LogP contribution in [-0.2, 0) is 13.1 Å². The van der Waals surface area contributed by atoms with Gasteiger partial charge in [-0.05, 0) is 73.0 Å². The Balaban J connectivity index is 1.48. The summed E-state index contributed by atoms with van der Waals surface area (Å²) in [6.07, 6.45) is 0. The van der Waals surface area contributed by atoms with Gasteiger partial charge in [0.15, 0.2) is 11.5 Å². The number of carbonyl (C=O) groups is 1. The number of nitrogens with zero attached hydrogens (tertiary/aromatic N) is 1. The van der Waals surface area contributed by atoms with Gasteiger partial charge < -0.3 is 24.7 Å². The maximum atomic E-state index is 13.3. The average Bonchev–Trinajstić information content (AvgIpc) is 3.31. The first-order chi connectivity index (χ1) is 16.9. The fourth-order valence-electron chi connectivity index (χ4n) is 4.14. The van der Waals surface area contributed by atoms with E-state index in [1.54, 1.807) is 29.2 Å². The number of H-pyrrole nitrogens is 1. The third-order valence-corrected chi connectivity index (χ3v) is 6.33. The van der Waals surface area contributed by atoms with Crippen molar-refractivity contribution in [2.75, 3.05) is 12.1 Å². The Labute approximate surface area is 207 Å². The van der Waals surface area contributed by atoms with Crippen LogP contribution < -0.4 is 20.3 Å². The summed E-state index contributed by atoms with van der Waals surface area (Å²) in [6.45, 7) is 4.52. The number of ether oxygens (including phenoxy) is 2. The van der Waals surface area contributed by atoms with Crippen molar-refractivity contribution in [3.63, 3.8) is 0 Å². The van der Waals surface area contributed by atoms with Crippen molar-refractivity contribution < 1.29 is 14.3 Å². The van der Waals surface area contributed by atoms with Crippen LogP contribution >= 0.6 is 11.6 Å². The third kappa shape index (κ3) is 4.81. The van der Waals surface area contributed by atoms with Crippen LogP contribution in [0.1, 0.15) is 22.3 Å². The minimum absolute atomic E-state index is 0.118. The number of rotatable bonds is 5. The molecule has 7 nitrogen and oxygen atoms in total. The molecular formula is C27H24ClN3O4. The zero-order valence-electron chi connectivity index (χ0n) is 19.4. The van der Waals surface area contributed by atoms with E-state index in [1.165, 1.54) is 0 Å². The number of urea groups is 1. The first-order valence-electron chi connectivity index (χ1n) is 11.2. The number of benzene rings is 3. The molecule has 1 aliphatic rings.